The van der Waals surface area contributed by atoms with Gasteiger partial charge < -0.3 is 5.32 Å². The first-order chi connectivity index (χ1) is 6.27. The van der Waals surface area contributed by atoms with Crippen molar-refractivity contribution in [3.8, 4) is 0 Å². The lowest BCUT2D eigenvalue weighted by molar-refractivity contribution is 0.757. The monoisotopic (exact) mass is 231 g/mol. The van der Waals surface area contributed by atoms with Gasteiger partial charge in [-0.15, -0.1) is 12.4 Å². The van der Waals surface area contributed by atoms with Crippen molar-refractivity contribution in [1.29, 1.82) is 0 Å². The van der Waals surface area contributed by atoms with E-state index in [1.165, 1.54) is 17.5 Å². The molecule has 0 radical (unpaired) electrons. The molecule has 0 aliphatic carbocycles. The van der Waals surface area contributed by atoms with Crippen molar-refractivity contribution in [3.05, 3.63) is 34.3 Å². The maximum atomic E-state index is 5.91. The fraction of sp³-hybridized carbons (Fsp3) is 0.455. The van der Waals surface area contributed by atoms with E-state index in [1.54, 1.807) is 0 Å². The fourth-order valence-corrected chi connectivity index (χ4v) is 2.24. The van der Waals surface area contributed by atoms with E-state index in [9.17, 15) is 0 Å². The van der Waals surface area contributed by atoms with Gasteiger partial charge in [0.25, 0.3) is 0 Å². The van der Waals surface area contributed by atoms with Gasteiger partial charge in [-0.05, 0) is 49.1 Å². The normalized spacial score (nSPS) is 20.6. The van der Waals surface area contributed by atoms with Gasteiger partial charge in [0.1, 0.15) is 0 Å². The Morgan fingerprint density at radius 2 is 2.21 bits per heavy atom. The third kappa shape index (κ3) is 2.41. The Kier molecular flexibility index (Phi) is 4.24. The number of hydrogen-bond acceptors (Lipinski definition) is 1. The van der Waals surface area contributed by atoms with Crippen LogP contribution in [0.4, 0.5) is 0 Å². The highest BCUT2D eigenvalue weighted by Crippen LogP contribution is 2.26. The second-order valence-corrected chi connectivity index (χ2v) is 4.13. The van der Waals surface area contributed by atoms with Crippen molar-refractivity contribution in [2.45, 2.75) is 19.3 Å². The number of rotatable bonds is 1. The first-order valence-corrected chi connectivity index (χ1v) is 5.12. The van der Waals surface area contributed by atoms with Crippen molar-refractivity contribution in [2.75, 3.05) is 13.1 Å². The Morgan fingerprint density at radius 3 is 2.79 bits per heavy atom. The summed E-state index contributed by atoms with van der Waals surface area (Å²) in [6.07, 6.45) is 1.25. The van der Waals surface area contributed by atoms with Gasteiger partial charge in [0.2, 0.25) is 0 Å². The molecule has 0 aromatic heterocycles. The van der Waals surface area contributed by atoms with Gasteiger partial charge in [-0.1, -0.05) is 17.7 Å². The first-order valence-electron chi connectivity index (χ1n) is 4.74. The molecule has 2 rings (SSSR count). The Hall–Kier alpha value is -0.240. The summed E-state index contributed by atoms with van der Waals surface area (Å²) >= 11 is 5.91. The van der Waals surface area contributed by atoms with Crippen molar-refractivity contribution < 1.29 is 0 Å². The lowest BCUT2D eigenvalue weighted by Gasteiger charge is -2.12. The maximum Gasteiger partial charge on any atom is 0.0408 e. The van der Waals surface area contributed by atoms with Crippen LogP contribution in [0, 0.1) is 6.92 Å². The van der Waals surface area contributed by atoms with Gasteiger partial charge >= 0.3 is 0 Å². The minimum absolute atomic E-state index is 0. The summed E-state index contributed by atoms with van der Waals surface area (Å²) in [5, 5.41) is 4.22. The van der Waals surface area contributed by atoms with E-state index >= 15 is 0 Å². The Morgan fingerprint density at radius 1 is 1.43 bits per heavy atom. The van der Waals surface area contributed by atoms with Crippen LogP contribution in [-0.4, -0.2) is 13.1 Å². The predicted octanol–water partition coefficient (Wildman–Crippen LogP) is 3.15. The van der Waals surface area contributed by atoms with Crippen LogP contribution in [0.2, 0.25) is 5.02 Å². The smallest absolute Gasteiger partial charge is 0.0408 e. The van der Waals surface area contributed by atoms with Crippen LogP contribution in [0.3, 0.4) is 0 Å². The van der Waals surface area contributed by atoms with E-state index in [0.717, 1.165) is 18.1 Å². The molecule has 1 N–H and O–H groups in total. The molecule has 1 aliphatic rings. The summed E-state index contributed by atoms with van der Waals surface area (Å²) < 4.78 is 0. The highest BCUT2D eigenvalue weighted by atomic mass is 35.5. The van der Waals surface area contributed by atoms with Crippen molar-refractivity contribution in [3.63, 3.8) is 0 Å². The summed E-state index contributed by atoms with van der Waals surface area (Å²) in [6.45, 7) is 4.40. The Labute approximate surface area is 96.3 Å². The van der Waals surface area contributed by atoms with Crippen molar-refractivity contribution >= 4 is 24.0 Å². The molecule has 78 valence electrons. The summed E-state index contributed by atoms with van der Waals surface area (Å²) in [5.41, 5.74) is 2.77. The van der Waals surface area contributed by atoms with Gasteiger partial charge in [-0.3, -0.25) is 0 Å². The van der Waals surface area contributed by atoms with Gasteiger partial charge in [-0.2, -0.15) is 0 Å². The summed E-state index contributed by atoms with van der Waals surface area (Å²) in [5.74, 6) is 0.692. The molecule has 1 nitrogen and oxygen atoms in total. The third-order valence-corrected chi connectivity index (χ3v) is 2.97. The molecule has 0 spiro atoms. The lowest BCUT2D eigenvalue weighted by Crippen LogP contribution is -2.08. The molecular formula is C11H15Cl2N. The summed E-state index contributed by atoms with van der Waals surface area (Å²) in [6, 6.07) is 6.20. The molecule has 1 aromatic carbocycles. The summed E-state index contributed by atoms with van der Waals surface area (Å²) in [4.78, 5) is 0. The standard InChI is InChI=1S/C11H14ClN.ClH/c1-8-6-10(12)2-3-11(8)9-4-5-13-7-9;/h2-3,6,9,13H,4-5,7H2,1H3;1H. The van der Waals surface area contributed by atoms with Gasteiger partial charge in [0, 0.05) is 11.6 Å². The van der Waals surface area contributed by atoms with E-state index in [1.807, 2.05) is 6.07 Å². The van der Waals surface area contributed by atoms with E-state index < -0.39 is 0 Å². The molecule has 1 aliphatic heterocycles. The van der Waals surface area contributed by atoms with Gasteiger partial charge in [0.05, 0.1) is 0 Å². The minimum Gasteiger partial charge on any atom is -0.316 e. The zero-order chi connectivity index (χ0) is 9.26. The molecule has 1 aromatic rings. The van der Waals surface area contributed by atoms with Gasteiger partial charge in [0.15, 0.2) is 0 Å². The van der Waals surface area contributed by atoms with Crippen molar-refractivity contribution in [2.24, 2.45) is 0 Å². The Bertz CT molecular complexity index is 306. The molecule has 1 fully saturated rings. The van der Waals surface area contributed by atoms with E-state index in [-0.39, 0.29) is 12.4 Å². The largest absolute Gasteiger partial charge is 0.316 e. The second kappa shape index (κ2) is 5.01. The number of aryl methyl sites for hydroxylation is 1. The molecule has 1 unspecified atom stereocenters. The number of nitrogens with one attached hydrogen (secondary N) is 1. The SMILES string of the molecule is Cc1cc(Cl)ccc1C1CCNC1.Cl. The number of halogens is 2. The first kappa shape index (κ1) is 11.8. The van der Waals surface area contributed by atoms with E-state index in [2.05, 4.69) is 24.4 Å². The van der Waals surface area contributed by atoms with Gasteiger partial charge in [-0.25, -0.2) is 0 Å². The average molecular weight is 232 g/mol. The molecule has 1 heterocycles. The molecular weight excluding hydrogens is 217 g/mol. The summed E-state index contributed by atoms with van der Waals surface area (Å²) in [7, 11) is 0. The van der Waals surface area contributed by atoms with E-state index in [4.69, 9.17) is 11.6 Å². The van der Waals surface area contributed by atoms with Crippen LogP contribution in [0.1, 0.15) is 23.5 Å². The molecule has 0 bridgehead atoms. The predicted molar refractivity (Wildman–Crippen MR) is 63.7 cm³/mol. The molecule has 0 amide bonds. The zero-order valence-electron chi connectivity index (χ0n) is 8.22. The molecule has 1 atom stereocenters. The average Bonchev–Trinajstić information content (AvgIpc) is 2.56. The molecule has 14 heavy (non-hydrogen) atoms. The van der Waals surface area contributed by atoms with Crippen LogP contribution in [-0.2, 0) is 0 Å². The highest BCUT2D eigenvalue weighted by molar-refractivity contribution is 6.30. The van der Waals surface area contributed by atoms with E-state index in [0.29, 0.717) is 5.92 Å². The molecule has 0 saturated carbocycles. The minimum atomic E-state index is 0. The topological polar surface area (TPSA) is 12.0 Å². The molecule has 3 heteroatoms. The van der Waals surface area contributed by atoms with Crippen molar-refractivity contribution in [1.82, 2.24) is 5.32 Å². The quantitative estimate of drug-likeness (QED) is 0.784. The second-order valence-electron chi connectivity index (χ2n) is 3.69. The fourth-order valence-electron chi connectivity index (χ4n) is 2.02. The van der Waals surface area contributed by atoms with Crippen LogP contribution in [0.5, 0.6) is 0 Å². The van der Waals surface area contributed by atoms with Crippen LogP contribution in [0.15, 0.2) is 18.2 Å². The van der Waals surface area contributed by atoms with Crippen LogP contribution < -0.4 is 5.32 Å². The third-order valence-electron chi connectivity index (χ3n) is 2.73. The van der Waals surface area contributed by atoms with Crippen LogP contribution in [0.25, 0.3) is 0 Å². The lowest BCUT2D eigenvalue weighted by atomic mass is 9.94. The van der Waals surface area contributed by atoms with Crippen LogP contribution >= 0.6 is 24.0 Å². The maximum absolute atomic E-state index is 5.91. The highest BCUT2D eigenvalue weighted by Gasteiger charge is 2.17. The number of hydrogen-bond donors (Lipinski definition) is 1. The number of benzene rings is 1. The molecule has 1 saturated heterocycles. The zero-order valence-corrected chi connectivity index (χ0v) is 9.79. The Balaban J connectivity index is 0.000000980.